The SMILES string of the molecule is CC1(C)OCC(COCCOCCOCCOCCO)O1. The van der Waals surface area contributed by atoms with Gasteiger partial charge in [-0.2, -0.15) is 0 Å². The van der Waals surface area contributed by atoms with Gasteiger partial charge in [0.1, 0.15) is 6.10 Å². The highest BCUT2D eigenvalue weighted by atomic mass is 16.7. The zero-order valence-electron chi connectivity index (χ0n) is 13.0. The third-order valence-corrected chi connectivity index (χ3v) is 2.72. The van der Waals surface area contributed by atoms with Gasteiger partial charge in [-0.1, -0.05) is 0 Å². The molecule has 1 fully saturated rings. The van der Waals surface area contributed by atoms with Gasteiger partial charge in [0.05, 0.1) is 66.1 Å². The van der Waals surface area contributed by atoms with Crippen molar-refractivity contribution in [2.75, 3.05) is 66.1 Å². The zero-order valence-corrected chi connectivity index (χ0v) is 13.0. The van der Waals surface area contributed by atoms with Crippen molar-refractivity contribution in [3.05, 3.63) is 0 Å². The Bertz CT molecular complexity index is 247. The Hall–Kier alpha value is -0.280. The molecule has 1 aliphatic rings. The molecule has 0 bridgehead atoms. The molecule has 126 valence electrons. The minimum absolute atomic E-state index is 0.00209. The Balaban J connectivity index is 1.75. The molecule has 1 heterocycles. The number of hydrogen-bond acceptors (Lipinski definition) is 7. The van der Waals surface area contributed by atoms with Gasteiger partial charge in [-0.3, -0.25) is 0 Å². The minimum atomic E-state index is -0.497. The van der Waals surface area contributed by atoms with Crippen molar-refractivity contribution >= 4 is 0 Å². The Labute approximate surface area is 126 Å². The van der Waals surface area contributed by atoms with E-state index in [0.29, 0.717) is 59.5 Å². The quantitative estimate of drug-likeness (QED) is 0.487. The first-order chi connectivity index (χ1) is 10.1. The van der Waals surface area contributed by atoms with Gasteiger partial charge in [0.15, 0.2) is 5.79 Å². The Morgan fingerprint density at radius 3 is 1.90 bits per heavy atom. The van der Waals surface area contributed by atoms with Crippen molar-refractivity contribution in [3.63, 3.8) is 0 Å². The number of aliphatic hydroxyl groups is 1. The lowest BCUT2D eigenvalue weighted by Gasteiger charge is -2.17. The molecule has 21 heavy (non-hydrogen) atoms. The predicted octanol–water partition coefficient (Wildman–Crippen LogP) is 0.197. The summed E-state index contributed by atoms with van der Waals surface area (Å²) in [7, 11) is 0. The maximum atomic E-state index is 8.49. The van der Waals surface area contributed by atoms with Crippen LogP contribution in [0.25, 0.3) is 0 Å². The van der Waals surface area contributed by atoms with E-state index in [1.807, 2.05) is 13.8 Å². The number of ether oxygens (including phenoxy) is 6. The van der Waals surface area contributed by atoms with Crippen LogP contribution >= 0.6 is 0 Å². The summed E-state index contributed by atoms with van der Waals surface area (Å²) in [6.07, 6.45) is 0.00209. The lowest BCUT2D eigenvalue weighted by molar-refractivity contribution is -0.145. The van der Waals surface area contributed by atoms with E-state index < -0.39 is 5.79 Å². The molecule has 0 spiro atoms. The number of hydrogen-bond donors (Lipinski definition) is 1. The monoisotopic (exact) mass is 308 g/mol. The summed E-state index contributed by atoms with van der Waals surface area (Å²) < 4.78 is 32.2. The van der Waals surface area contributed by atoms with Gasteiger partial charge in [-0.15, -0.1) is 0 Å². The van der Waals surface area contributed by atoms with Crippen LogP contribution in [-0.4, -0.2) is 83.1 Å². The first kappa shape index (κ1) is 18.8. The first-order valence-corrected chi connectivity index (χ1v) is 7.37. The van der Waals surface area contributed by atoms with E-state index in [1.54, 1.807) is 0 Å². The van der Waals surface area contributed by atoms with Crippen molar-refractivity contribution in [1.82, 2.24) is 0 Å². The second-order valence-corrected chi connectivity index (χ2v) is 5.09. The average Bonchev–Trinajstić information content (AvgIpc) is 2.79. The summed E-state index contributed by atoms with van der Waals surface area (Å²) in [5.74, 6) is -0.497. The largest absolute Gasteiger partial charge is 0.394 e. The van der Waals surface area contributed by atoms with Gasteiger partial charge in [0.25, 0.3) is 0 Å². The molecule has 1 unspecified atom stereocenters. The van der Waals surface area contributed by atoms with Crippen LogP contribution in [0.15, 0.2) is 0 Å². The van der Waals surface area contributed by atoms with Crippen LogP contribution in [0.3, 0.4) is 0 Å². The van der Waals surface area contributed by atoms with Crippen LogP contribution in [0.2, 0.25) is 0 Å². The fourth-order valence-corrected chi connectivity index (χ4v) is 1.78. The van der Waals surface area contributed by atoms with Crippen LogP contribution in [-0.2, 0) is 28.4 Å². The highest BCUT2D eigenvalue weighted by Gasteiger charge is 2.32. The van der Waals surface area contributed by atoms with Crippen molar-refractivity contribution in [3.8, 4) is 0 Å². The maximum absolute atomic E-state index is 8.49. The molecule has 1 atom stereocenters. The van der Waals surface area contributed by atoms with E-state index in [4.69, 9.17) is 33.5 Å². The van der Waals surface area contributed by atoms with Crippen LogP contribution < -0.4 is 0 Å². The molecular formula is C14H28O7. The highest BCUT2D eigenvalue weighted by Crippen LogP contribution is 2.22. The molecular weight excluding hydrogens is 280 g/mol. The van der Waals surface area contributed by atoms with Crippen molar-refractivity contribution in [2.45, 2.75) is 25.7 Å². The smallest absolute Gasteiger partial charge is 0.163 e. The van der Waals surface area contributed by atoms with Gasteiger partial charge in [-0.05, 0) is 13.8 Å². The molecule has 1 rings (SSSR count). The van der Waals surface area contributed by atoms with Crippen molar-refractivity contribution < 1.29 is 33.5 Å². The van der Waals surface area contributed by atoms with Gasteiger partial charge in [0, 0.05) is 0 Å². The fraction of sp³-hybridized carbons (Fsp3) is 1.00. The molecule has 0 aromatic heterocycles. The number of aliphatic hydroxyl groups excluding tert-OH is 1. The Kier molecular flexibility index (Phi) is 10.1. The molecule has 1 saturated heterocycles. The van der Waals surface area contributed by atoms with Crippen LogP contribution in [0.5, 0.6) is 0 Å². The molecule has 0 saturated carbocycles. The highest BCUT2D eigenvalue weighted by molar-refractivity contribution is 4.70. The molecule has 0 aliphatic carbocycles. The van der Waals surface area contributed by atoms with E-state index in [-0.39, 0.29) is 12.7 Å². The number of rotatable bonds is 13. The van der Waals surface area contributed by atoms with Crippen molar-refractivity contribution in [1.29, 1.82) is 0 Å². The lowest BCUT2D eigenvalue weighted by Crippen LogP contribution is -2.24. The van der Waals surface area contributed by atoms with Crippen LogP contribution in [0.4, 0.5) is 0 Å². The molecule has 0 aromatic carbocycles. The van der Waals surface area contributed by atoms with E-state index in [9.17, 15) is 0 Å². The van der Waals surface area contributed by atoms with Gasteiger partial charge in [0.2, 0.25) is 0 Å². The van der Waals surface area contributed by atoms with E-state index in [0.717, 1.165) is 0 Å². The third-order valence-electron chi connectivity index (χ3n) is 2.72. The van der Waals surface area contributed by atoms with Gasteiger partial charge < -0.3 is 33.5 Å². The lowest BCUT2D eigenvalue weighted by atomic mass is 10.4. The Morgan fingerprint density at radius 2 is 1.43 bits per heavy atom. The Morgan fingerprint density at radius 1 is 0.905 bits per heavy atom. The average molecular weight is 308 g/mol. The summed E-state index contributed by atoms with van der Waals surface area (Å²) in [6, 6.07) is 0. The van der Waals surface area contributed by atoms with Gasteiger partial charge >= 0.3 is 0 Å². The summed E-state index contributed by atoms with van der Waals surface area (Å²) in [6.45, 7) is 8.37. The minimum Gasteiger partial charge on any atom is -0.394 e. The molecule has 0 amide bonds. The van der Waals surface area contributed by atoms with Crippen molar-refractivity contribution in [2.24, 2.45) is 0 Å². The fourth-order valence-electron chi connectivity index (χ4n) is 1.78. The van der Waals surface area contributed by atoms with Gasteiger partial charge in [-0.25, -0.2) is 0 Å². The second kappa shape index (κ2) is 11.3. The topological polar surface area (TPSA) is 75.6 Å². The molecule has 7 heteroatoms. The van der Waals surface area contributed by atoms with E-state index >= 15 is 0 Å². The molecule has 0 radical (unpaired) electrons. The van der Waals surface area contributed by atoms with Crippen LogP contribution in [0, 0.1) is 0 Å². The van der Waals surface area contributed by atoms with E-state index in [2.05, 4.69) is 0 Å². The van der Waals surface area contributed by atoms with Crippen LogP contribution in [0.1, 0.15) is 13.8 Å². The maximum Gasteiger partial charge on any atom is 0.163 e. The standard InChI is InChI=1S/C14H28O7/c1-14(2)20-12-13(21-14)11-19-10-9-18-8-7-17-6-5-16-4-3-15/h13,15H,3-12H2,1-2H3. The first-order valence-electron chi connectivity index (χ1n) is 7.37. The second-order valence-electron chi connectivity index (χ2n) is 5.09. The predicted molar refractivity (Wildman–Crippen MR) is 75.3 cm³/mol. The normalized spacial score (nSPS) is 21.0. The summed E-state index contributed by atoms with van der Waals surface area (Å²) in [4.78, 5) is 0. The molecule has 1 N–H and O–H groups in total. The van der Waals surface area contributed by atoms with E-state index in [1.165, 1.54) is 0 Å². The zero-order chi connectivity index (χ0) is 15.4. The molecule has 7 nitrogen and oxygen atoms in total. The molecule has 0 aromatic rings. The molecule has 1 aliphatic heterocycles. The summed E-state index contributed by atoms with van der Waals surface area (Å²) in [5, 5.41) is 8.49. The third kappa shape index (κ3) is 10.1. The summed E-state index contributed by atoms with van der Waals surface area (Å²) >= 11 is 0. The summed E-state index contributed by atoms with van der Waals surface area (Å²) in [5.41, 5.74) is 0.